The second-order valence-electron chi connectivity index (χ2n) is 6.94. The van der Waals surface area contributed by atoms with Gasteiger partial charge in [-0.3, -0.25) is 9.59 Å². The third kappa shape index (κ3) is 4.00. The normalized spacial score (nSPS) is 17.0. The number of ether oxygens (including phenoxy) is 1. The molecule has 0 radical (unpaired) electrons. The number of hydrogen-bond donors (Lipinski definition) is 0. The second-order valence-corrected chi connectivity index (χ2v) is 8.88. The molecular formula is C21H23NO5S. The molecule has 28 heavy (non-hydrogen) atoms. The second kappa shape index (κ2) is 8.24. The molecule has 0 unspecified atom stereocenters. The monoisotopic (exact) mass is 401 g/mol. The Labute approximate surface area is 165 Å². The summed E-state index contributed by atoms with van der Waals surface area (Å²) in [6, 6.07) is 17.5. The number of carbonyl (C=O) groups excluding carboxylic acids is 2. The predicted molar refractivity (Wildman–Crippen MR) is 104 cm³/mol. The summed E-state index contributed by atoms with van der Waals surface area (Å²) in [6.45, 7) is 1.47. The molecule has 1 saturated heterocycles. The van der Waals surface area contributed by atoms with E-state index < -0.39 is 21.4 Å². The van der Waals surface area contributed by atoms with Crippen molar-refractivity contribution in [3.05, 3.63) is 66.2 Å². The van der Waals surface area contributed by atoms with E-state index in [1.54, 1.807) is 30.3 Å². The van der Waals surface area contributed by atoms with Crippen LogP contribution in [0.3, 0.4) is 0 Å². The van der Waals surface area contributed by atoms with Gasteiger partial charge in [-0.2, -0.15) is 4.31 Å². The largest absolute Gasteiger partial charge is 0.457 e. The van der Waals surface area contributed by atoms with Crippen molar-refractivity contribution in [2.45, 2.75) is 30.1 Å². The van der Waals surface area contributed by atoms with Gasteiger partial charge in [-0.1, -0.05) is 48.5 Å². The van der Waals surface area contributed by atoms with E-state index in [1.807, 2.05) is 30.3 Å². The van der Waals surface area contributed by atoms with Crippen molar-refractivity contribution in [1.82, 2.24) is 4.31 Å². The number of rotatable bonds is 6. The van der Waals surface area contributed by atoms with Crippen molar-refractivity contribution >= 4 is 21.8 Å². The highest BCUT2D eigenvalue weighted by Gasteiger charge is 2.46. The molecule has 0 bridgehead atoms. The molecule has 1 aliphatic heterocycles. The van der Waals surface area contributed by atoms with Crippen LogP contribution in [0.4, 0.5) is 0 Å². The Hall–Kier alpha value is -2.51. The van der Waals surface area contributed by atoms with Crippen LogP contribution in [0.25, 0.3) is 0 Å². The molecule has 2 aromatic rings. The van der Waals surface area contributed by atoms with Crippen molar-refractivity contribution in [2.75, 3.05) is 19.7 Å². The zero-order valence-corrected chi connectivity index (χ0v) is 16.5. The molecule has 0 aliphatic carbocycles. The van der Waals surface area contributed by atoms with E-state index in [1.165, 1.54) is 11.2 Å². The molecule has 6 nitrogen and oxygen atoms in total. The van der Waals surface area contributed by atoms with Crippen molar-refractivity contribution in [2.24, 2.45) is 0 Å². The first-order chi connectivity index (χ1) is 13.4. The van der Waals surface area contributed by atoms with Gasteiger partial charge in [-0.25, -0.2) is 8.42 Å². The summed E-state index contributed by atoms with van der Waals surface area (Å²) in [5.41, 5.74) is -0.181. The third-order valence-corrected chi connectivity index (χ3v) is 6.99. The fourth-order valence-electron chi connectivity index (χ4n) is 3.52. The molecule has 7 heteroatoms. The number of carbonyl (C=O) groups is 2. The van der Waals surface area contributed by atoms with Gasteiger partial charge in [-0.15, -0.1) is 0 Å². The molecule has 148 valence electrons. The van der Waals surface area contributed by atoms with Gasteiger partial charge in [-0.05, 0) is 37.5 Å². The summed E-state index contributed by atoms with van der Waals surface area (Å²) in [5, 5.41) is 0. The number of hydrogen-bond acceptors (Lipinski definition) is 5. The Bertz CT molecular complexity index is 933. The number of benzene rings is 2. The number of nitrogens with zero attached hydrogens (tertiary/aromatic N) is 1. The van der Waals surface area contributed by atoms with Crippen LogP contribution in [-0.2, 0) is 29.8 Å². The fourth-order valence-corrected chi connectivity index (χ4v) is 4.99. The molecule has 2 aromatic carbocycles. The highest BCUT2D eigenvalue weighted by Crippen LogP contribution is 2.38. The molecule has 0 spiro atoms. The lowest BCUT2D eigenvalue weighted by Gasteiger charge is -2.39. The lowest BCUT2D eigenvalue weighted by atomic mass is 9.73. The number of piperidine rings is 1. The van der Waals surface area contributed by atoms with Crippen LogP contribution >= 0.6 is 0 Å². The predicted octanol–water partition coefficient (Wildman–Crippen LogP) is 2.54. The first-order valence-electron chi connectivity index (χ1n) is 9.14. The maximum Gasteiger partial charge on any atom is 0.317 e. The van der Waals surface area contributed by atoms with Gasteiger partial charge < -0.3 is 4.74 Å². The average Bonchev–Trinajstić information content (AvgIpc) is 2.73. The molecule has 1 fully saturated rings. The summed E-state index contributed by atoms with van der Waals surface area (Å²) in [5.74, 6) is -0.716. The Morgan fingerprint density at radius 3 is 2.04 bits per heavy atom. The van der Waals surface area contributed by atoms with Crippen LogP contribution in [0.2, 0.25) is 0 Å². The smallest absolute Gasteiger partial charge is 0.317 e. The van der Waals surface area contributed by atoms with E-state index in [2.05, 4.69) is 0 Å². The van der Waals surface area contributed by atoms with Crippen molar-refractivity contribution in [3.8, 4) is 0 Å². The van der Waals surface area contributed by atoms with Gasteiger partial charge in [0.2, 0.25) is 10.0 Å². The topological polar surface area (TPSA) is 80.8 Å². The molecule has 0 saturated carbocycles. The molecule has 0 amide bonds. The maximum atomic E-state index is 12.9. The Kier molecular flexibility index (Phi) is 5.96. The number of ketones is 1. The number of esters is 1. The molecule has 0 atom stereocenters. The van der Waals surface area contributed by atoms with Crippen LogP contribution in [0.5, 0.6) is 0 Å². The van der Waals surface area contributed by atoms with Gasteiger partial charge >= 0.3 is 5.97 Å². The highest BCUT2D eigenvalue weighted by molar-refractivity contribution is 7.89. The lowest BCUT2D eigenvalue weighted by Crippen LogP contribution is -2.49. The average molecular weight is 401 g/mol. The highest BCUT2D eigenvalue weighted by atomic mass is 32.2. The molecule has 0 aromatic heterocycles. The van der Waals surface area contributed by atoms with Crippen molar-refractivity contribution in [1.29, 1.82) is 0 Å². The summed E-state index contributed by atoms with van der Waals surface area (Å²) in [7, 11) is -3.62. The SMILES string of the molecule is CC(=O)COC(=O)C1(c2ccccc2)CCN(S(=O)(=O)c2ccccc2)CC1. The first-order valence-corrected chi connectivity index (χ1v) is 10.6. The van der Waals surface area contributed by atoms with E-state index in [0.717, 1.165) is 5.56 Å². The van der Waals surface area contributed by atoms with E-state index in [0.29, 0.717) is 12.8 Å². The number of Topliss-reactive ketones (excluding diaryl/α,β-unsaturated/α-hetero) is 1. The quantitative estimate of drug-likeness (QED) is 0.695. The molecule has 1 aliphatic rings. The number of sulfonamides is 1. The van der Waals surface area contributed by atoms with Gasteiger partial charge in [0.25, 0.3) is 0 Å². The van der Waals surface area contributed by atoms with Gasteiger partial charge in [0.05, 0.1) is 10.3 Å². The fraction of sp³-hybridized carbons (Fsp3) is 0.333. The summed E-state index contributed by atoms with van der Waals surface area (Å²) in [6.07, 6.45) is 0.583. The zero-order valence-electron chi connectivity index (χ0n) is 15.7. The van der Waals surface area contributed by atoms with Gasteiger partial charge in [0.15, 0.2) is 5.78 Å². The standard InChI is InChI=1S/C21H23NO5S/c1-17(23)16-27-20(24)21(18-8-4-2-5-9-18)12-14-22(15-13-21)28(25,26)19-10-6-3-7-11-19/h2-11H,12-16H2,1H3. The summed E-state index contributed by atoms with van der Waals surface area (Å²) >= 11 is 0. The minimum absolute atomic E-state index is 0.196. The van der Waals surface area contributed by atoms with Crippen LogP contribution in [0.15, 0.2) is 65.6 Å². The van der Waals surface area contributed by atoms with Gasteiger partial charge in [0.1, 0.15) is 6.61 Å². The van der Waals surface area contributed by atoms with E-state index >= 15 is 0 Å². The van der Waals surface area contributed by atoms with Crippen LogP contribution in [0, 0.1) is 0 Å². The van der Waals surface area contributed by atoms with Crippen LogP contribution in [-0.4, -0.2) is 44.2 Å². The van der Waals surface area contributed by atoms with E-state index in [4.69, 9.17) is 4.74 Å². The third-order valence-electron chi connectivity index (χ3n) is 5.08. The van der Waals surface area contributed by atoms with E-state index in [9.17, 15) is 18.0 Å². The minimum Gasteiger partial charge on any atom is -0.457 e. The van der Waals surface area contributed by atoms with Gasteiger partial charge in [0, 0.05) is 13.1 Å². The van der Waals surface area contributed by atoms with Crippen molar-refractivity contribution in [3.63, 3.8) is 0 Å². The lowest BCUT2D eigenvalue weighted by molar-refractivity contribution is -0.155. The molecular weight excluding hydrogens is 378 g/mol. The summed E-state index contributed by atoms with van der Waals surface area (Å²) < 4.78 is 32.4. The Balaban J connectivity index is 1.85. The van der Waals surface area contributed by atoms with E-state index in [-0.39, 0.29) is 30.4 Å². The molecule has 1 heterocycles. The molecule has 0 N–H and O–H groups in total. The minimum atomic E-state index is -3.62. The first kappa shape index (κ1) is 20.2. The zero-order chi connectivity index (χ0) is 20.2. The van der Waals surface area contributed by atoms with Crippen molar-refractivity contribution < 1.29 is 22.7 Å². The Morgan fingerprint density at radius 1 is 0.964 bits per heavy atom. The molecule has 3 rings (SSSR count). The summed E-state index contributed by atoms with van der Waals surface area (Å²) in [4.78, 5) is 24.4. The van der Waals surface area contributed by atoms with Crippen LogP contribution < -0.4 is 0 Å². The Morgan fingerprint density at radius 2 is 1.50 bits per heavy atom. The van der Waals surface area contributed by atoms with Crippen LogP contribution in [0.1, 0.15) is 25.3 Å². The maximum absolute atomic E-state index is 12.9.